The van der Waals surface area contributed by atoms with Crippen molar-refractivity contribution < 1.29 is 19.4 Å². The molecule has 1 aromatic carbocycles. The molecule has 2 saturated heterocycles. The largest absolute Gasteiger partial charge is 0.376 e. The van der Waals surface area contributed by atoms with Gasteiger partial charge in [0.25, 0.3) is 0 Å². The molecule has 33 heavy (non-hydrogen) atoms. The number of ether oxygens (including phenoxy) is 1. The van der Waals surface area contributed by atoms with Crippen molar-refractivity contribution in [2.24, 2.45) is 5.41 Å². The number of carbonyl (C=O) groups excluding carboxylic acids is 2. The number of aliphatic hydroxyl groups is 1. The normalized spacial score (nSPS) is 32.2. The molecule has 2 fully saturated rings. The summed E-state index contributed by atoms with van der Waals surface area (Å²) < 4.78 is 6.08. The van der Waals surface area contributed by atoms with E-state index in [0.29, 0.717) is 19.4 Å². The number of amides is 2. The van der Waals surface area contributed by atoms with Gasteiger partial charge >= 0.3 is 0 Å². The summed E-state index contributed by atoms with van der Waals surface area (Å²) in [6.07, 6.45) is 2.71. The molecule has 2 heterocycles. The predicted octanol–water partition coefficient (Wildman–Crippen LogP) is 1.44. The minimum atomic E-state index is -1.01. The van der Waals surface area contributed by atoms with Gasteiger partial charge in [0, 0.05) is 0 Å². The maximum atomic E-state index is 13.7. The lowest BCUT2D eigenvalue weighted by atomic mass is 9.82. The second-order valence-corrected chi connectivity index (χ2v) is 10.3. The molecule has 1 aromatic rings. The summed E-state index contributed by atoms with van der Waals surface area (Å²) in [6.45, 7) is 6.29. The van der Waals surface area contributed by atoms with Crippen molar-refractivity contribution in [2.45, 2.75) is 89.5 Å². The first-order valence-electron chi connectivity index (χ1n) is 12.2. The highest BCUT2D eigenvalue weighted by Crippen LogP contribution is 2.44. The Kier molecular flexibility index (Phi) is 7.09. The molecule has 0 saturated carbocycles. The van der Waals surface area contributed by atoms with E-state index in [1.54, 1.807) is 18.9 Å². The minimum Gasteiger partial charge on any atom is -0.376 e. The molecule has 0 aromatic heterocycles. The van der Waals surface area contributed by atoms with Gasteiger partial charge in [0.1, 0.15) is 12.5 Å². The van der Waals surface area contributed by atoms with Crippen LogP contribution in [0.2, 0.25) is 0 Å². The Balaban J connectivity index is 1.55. The van der Waals surface area contributed by atoms with Crippen LogP contribution in [0.3, 0.4) is 0 Å². The lowest BCUT2D eigenvalue weighted by Gasteiger charge is -2.38. The quantitative estimate of drug-likeness (QED) is 0.533. The van der Waals surface area contributed by atoms with Gasteiger partial charge in [-0.25, -0.2) is 4.90 Å². The van der Waals surface area contributed by atoms with Gasteiger partial charge < -0.3 is 25.8 Å². The molecule has 6 atom stereocenters. The van der Waals surface area contributed by atoms with E-state index in [4.69, 9.17) is 4.74 Å². The van der Waals surface area contributed by atoms with Crippen LogP contribution in [0.15, 0.2) is 24.3 Å². The number of aryl methyl sites for hydroxylation is 1. The molecule has 4 rings (SSSR count). The van der Waals surface area contributed by atoms with Crippen LogP contribution in [0.25, 0.3) is 0 Å². The van der Waals surface area contributed by atoms with E-state index < -0.39 is 23.7 Å². The fraction of sp³-hybridized carbons (Fsp3) is 0.680. The number of hydrogen-bond acceptors (Lipinski definition) is 6. The number of fused-ring (bicyclic) bond motifs is 2. The van der Waals surface area contributed by atoms with Crippen LogP contribution in [0, 0.1) is 5.41 Å². The summed E-state index contributed by atoms with van der Waals surface area (Å²) in [6, 6.07) is 6.80. The molecule has 0 spiro atoms. The Hall–Kier alpha value is -2.00. The summed E-state index contributed by atoms with van der Waals surface area (Å²) in [5.41, 5.74) is 2.08. The van der Waals surface area contributed by atoms with E-state index in [0.717, 1.165) is 19.3 Å². The van der Waals surface area contributed by atoms with Gasteiger partial charge in [-0.2, -0.15) is 0 Å². The highest BCUT2D eigenvalue weighted by atomic mass is 16.5. The number of benzene rings is 1. The zero-order valence-electron chi connectivity index (χ0n) is 20.1. The maximum absolute atomic E-state index is 13.7. The number of likely N-dealkylation sites (N-methyl/N-ethyl adjacent to an activating group) is 1. The third-order valence-electron chi connectivity index (χ3n) is 7.56. The van der Waals surface area contributed by atoms with Crippen molar-refractivity contribution in [2.75, 3.05) is 13.7 Å². The highest BCUT2D eigenvalue weighted by Gasteiger charge is 2.55. The molecule has 182 valence electrons. The first-order valence-corrected chi connectivity index (χ1v) is 12.2. The number of nitrogens with one attached hydrogen (secondary N) is 3. The summed E-state index contributed by atoms with van der Waals surface area (Å²) >= 11 is 0. The Morgan fingerprint density at radius 2 is 1.97 bits per heavy atom. The van der Waals surface area contributed by atoms with Crippen molar-refractivity contribution in [3.05, 3.63) is 35.4 Å². The molecular weight excluding hydrogens is 420 g/mol. The van der Waals surface area contributed by atoms with Crippen LogP contribution in [-0.4, -0.2) is 66.1 Å². The molecule has 3 aliphatic rings. The molecule has 4 N–H and O–H groups in total. The predicted molar refractivity (Wildman–Crippen MR) is 125 cm³/mol. The number of aliphatic hydroxyl groups excluding tert-OH is 1. The molecule has 8 nitrogen and oxygen atoms in total. The van der Waals surface area contributed by atoms with Crippen LogP contribution in [0.5, 0.6) is 0 Å². The zero-order chi connectivity index (χ0) is 23.8. The van der Waals surface area contributed by atoms with Crippen molar-refractivity contribution in [1.29, 1.82) is 0 Å². The third-order valence-corrected chi connectivity index (χ3v) is 7.56. The minimum absolute atomic E-state index is 0.0330. The Morgan fingerprint density at radius 1 is 1.21 bits per heavy atom. The topological polar surface area (TPSA) is 103 Å². The van der Waals surface area contributed by atoms with Crippen LogP contribution >= 0.6 is 0 Å². The highest BCUT2D eigenvalue weighted by molar-refractivity contribution is 5.84. The molecule has 0 bridgehead atoms. The van der Waals surface area contributed by atoms with Crippen molar-refractivity contribution in [3.63, 3.8) is 0 Å². The third kappa shape index (κ3) is 4.80. The van der Waals surface area contributed by atoms with Gasteiger partial charge in [0.15, 0.2) is 0 Å². The number of nitrogens with zero attached hydrogens (tertiary/aromatic N) is 1. The zero-order valence-corrected chi connectivity index (χ0v) is 20.1. The lowest BCUT2D eigenvalue weighted by Crippen LogP contribution is -2.60. The Labute approximate surface area is 196 Å². The van der Waals surface area contributed by atoms with E-state index in [1.807, 2.05) is 26.0 Å². The standard InChI is InChI=1S/C25H38N4O4/c1-15(26-4)22(30)28-19-12-13-33-20-14-25(2,3)21(29(20)24(19)32)23(31)27-18-11-7-9-16-8-5-6-10-17(16)18/h5-6,8,10,15,18-21,24,26,32H,7,9,11-14H2,1-4H3,(H,27,31)(H,28,30)/t15-,18+,19-,20-,21+,24?/m0/s1. The smallest absolute Gasteiger partial charge is 0.238 e. The molecular formula is C25H38N4O4. The second-order valence-electron chi connectivity index (χ2n) is 10.3. The SMILES string of the molecule is CN[C@@H](C)C(=O)N[C@H]1CCO[C@H]2CC(C)(C)[C@@H](C(=O)N[C@@H]3CCCc4ccccc43)N2C1O. The first kappa shape index (κ1) is 24.1. The van der Waals surface area contributed by atoms with Gasteiger partial charge in [0.05, 0.1) is 30.8 Å². The van der Waals surface area contributed by atoms with Crippen LogP contribution in [-0.2, 0) is 20.7 Å². The van der Waals surface area contributed by atoms with Crippen LogP contribution < -0.4 is 16.0 Å². The number of carbonyl (C=O) groups is 2. The maximum Gasteiger partial charge on any atom is 0.238 e. The summed E-state index contributed by atoms with van der Waals surface area (Å²) in [5.74, 6) is -0.277. The average molecular weight is 459 g/mol. The summed E-state index contributed by atoms with van der Waals surface area (Å²) in [7, 11) is 1.72. The van der Waals surface area contributed by atoms with Gasteiger partial charge in [-0.3, -0.25) is 9.59 Å². The van der Waals surface area contributed by atoms with E-state index in [2.05, 4.69) is 28.1 Å². The van der Waals surface area contributed by atoms with E-state index in [9.17, 15) is 14.7 Å². The summed E-state index contributed by atoms with van der Waals surface area (Å²) in [5, 5.41) is 20.5. The van der Waals surface area contributed by atoms with Crippen molar-refractivity contribution >= 4 is 11.8 Å². The van der Waals surface area contributed by atoms with E-state index in [-0.39, 0.29) is 30.1 Å². The van der Waals surface area contributed by atoms with Crippen LogP contribution in [0.1, 0.15) is 63.6 Å². The monoisotopic (exact) mass is 458 g/mol. The average Bonchev–Trinajstić information content (AvgIpc) is 2.99. The van der Waals surface area contributed by atoms with Crippen molar-refractivity contribution in [3.8, 4) is 0 Å². The molecule has 2 amide bonds. The molecule has 2 aliphatic heterocycles. The second kappa shape index (κ2) is 9.70. The lowest BCUT2D eigenvalue weighted by molar-refractivity contribution is -0.147. The van der Waals surface area contributed by atoms with Crippen molar-refractivity contribution in [1.82, 2.24) is 20.9 Å². The van der Waals surface area contributed by atoms with Gasteiger partial charge in [-0.15, -0.1) is 0 Å². The number of rotatable bonds is 5. The van der Waals surface area contributed by atoms with Gasteiger partial charge in [-0.1, -0.05) is 38.1 Å². The molecule has 1 aliphatic carbocycles. The van der Waals surface area contributed by atoms with Gasteiger partial charge in [-0.05, 0) is 62.6 Å². The Morgan fingerprint density at radius 3 is 2.73 bits per heavy atom. The summed E-state index contributed by atoms with van der Waals surface area (Å²) in [4.78, 5) is 28.0. The molecule has 8 heteroatoms. The van der Waals surface area contributed by atoms with E-state index >= 15 is 0 Å². The molecule has 0 radical (unpaired) electrons. The van der Waals surface area contributed by atoms with Gasteiger partial charge in [0.2, 0.25) is 11.8 Å². The first-order chi connectivity index (χ1) is 15.7. The molecule has 1 unspecified atom stereocenters. The fourth-order valence-electron chi connectivity index (χ4n) is 5.62. The number of hydrogen-bond donors (Lipinski definition) is 4. The van der Waals surface area contributed by atoms with Crippen LogP contribution in [0.4, 0.5) is 0 Å². The van der Waals surface area contributed by atoms with E-state index in [1.165, 1.54) is 11.1 Å². The fourth-order valence-corrected chi connectivity index (χ4v) is 5.62. The Bertz CT molecular complexity index is 876.